The maximum absolute atomic E-state index is 12.0. The third-order valence-electron chi connectivity index (χ3n) is 2.88. The van der Waals surface area contributed by atoms with Crippen molar-refractivity contribution < 1.29 is 18.3 Å². The van der Waals surface area contributed by atoms with Gasteiger partial charge in [0, 0.05) is 12.1 Å². The standard InChI is InChI=1S/C12H16ClNO4S/c1-9(12(15)16)14(2)19(17,18)7-6-10-4-3-5-11(13)8-10/h3-5,8-9H,6-7H2,1-2H3,(H,15,16). The van der Waals surface area contributed by atoms with E-state index in [0.717, 1.165) is 9.87 Å². The molecule has 0 spiro atoms. The molecule has 0 saturated carbocycles. The lowest BCUT2D eigenvalue weighted by Crippen LogP contribution is -2.41. The highest BCUT2D eigenvalue weighted by Crippen LogP contribution is 2.13. The zero-order chi connectivity index (χ0) is 14.6. The molecule has 1 rings (SSSR count). The molecule has 1 N–H and O–H groups in total. The van der Waals surface area contributed by atoms with Crippen LogP contribution in [0.15, 0.2) is 24.3 Å². The number of halogens is 1. The van der Waals surface area contributed by atoms with Crippen LogP contribution in [0.25, 0.3) is 0 Å². The molecule has 0 heterocycles. The number of benzene rings is 1. The average Bonchev–Trinajstić information content (AvgIpc) is 2.34. The Hall–Kier alpha value is -1.11. The molecule has 0 aliphatic heterocycles. The van der Waals surface area contributed by atoms with Crippen molar-refractivity contribution in [1.29, 1.82) is 0 Å². The highest BCUT2D eigenvalue weighted by atomic mass is 35.5. The maximum Gasteiger partial charge on any atom is 0.321 e. The number of aryl methyl sites for hydroxylation is 1. The van der Waals surface area contributed by atoms with Crippen molar-refractivity contribution in [2.24, 2.45) is 0 Å². The van der Waals surface area contributed by atoms with E-state index >= 15 is 0 Å². The van der Waals surface area contributed by atoms with Gasteiger partial charge in [-0.05, 0) is 31.0 Å². The van der Waals surface area contributed by atoms with Crippen LogP contribution in [0.5, 0.6) is 0 Å². The lowest BCUT2D eigenvalue weighted by molar-refractivity contribution is -0.140. The summed E-state index contributed by atoms with van der Waals surface area (Å²) in [4.78, 5) is 10.8. The number of sulfonamides is 1. The molecule has 1 atom stereocenters. The topological polar surface area (TPSA) is 74.7 Å². The van der Waals surface area contributed by atoms with Crippen LogP contribution in [-0.4, -0.2) is 42.6 Å². The molecule has 0 amide bonds. The van der Waals surface area contributed by atoms with E-state index in [9.17, 15) is 13.2 Å². The number of likely N-dealkylation sites (N-methyl/N-ethyl adjacent to an activating group) is 1. The number of carboxylic acid groups (broad SMARTS) is 1. The molecule has 0 saturated heterocycles. The van der Waals surface area contributed by atoms with E-state index in [1.807, 2.05) is 0 Å². The molecule has 0 radical (unpaired) electrons. The SMILES string of the molecule is CC(C(=O)O)N(C)S(=O)(=O)CCc1cccc(Cl)c1. The lowest BCUT2D eigenvalue weighted by Gasteiger charge is -2.20. The Labute approximate surface area is 117 Å². The van der Waals surface area contributed by atoms with Crippen LogP contribution in [0.3, 0.4) is 0 Å². The largest absolute Gasteiger partial charge is 0.480 e. The number of carbonyl (C=O) groups is 1. The van der Waals surface area contributed by atoms with Crippen molar-refractivity contribution in [1.82, 2.24) is 4.31 Å². The first-order chi connectivity index (χ1) is 8.74. The van der Waals surface area contributed by atoms with Crippen LogP contribution in [0.4, 0.5) is 0 Å². The van der Waals surface area contributed by atoms with Crippen molar-refractivity contribution in [3.63, 3.8) is 0 Å². The summed E-state index contributed by atoms with van der Waals surface area (Å²) in [6.45, 7) is 1.33. The first-order valence-electron chi connectivity index (χ1n) is 5.67. The zero-order valence-corrected chi connectivity index (χ0v) is 12.3. The molecule has 1 aromatic carbocycles. The third-order valence-corrected chi connectivity index (χ3v) is 5.03. The summed E-state index contributed by atoms with van der Waals surface area (Å²) >= 11 is 5.81. The molecule has 1 unspecified atom stereocenters. The molecule has 5 nitrogen and oxygen atoms in total. The Morgan fingerprint density at radius 1 is 1.47 bits per heavy atom. The molecule has 0 aliphatic rings. The highest BCUT2D eigenvalue weighted by Gasteiger charge is 2.27. The quantitative estimate of drug-likeness (QED) is 0.866. The highest BCUT2D eigenvalue weighted by molar-refractivity contribution is 7.89. The second kappa shape index (κ2) is 6.36. The molecule has 1 aromatic rings. The summed E-state index contributed by atoms with van der Waals surface area (Å²) in [5, 5.41) is 9.36. The second-order valence-corrected chi connectivity index (χ2v) is 6.81. The Kier molecular flexibility index (Phi) is 5.34. The molecular weight excluding hydrogens is 290 g/mol. The third kappa shape index (κ3) is 4.49. The van der Waals surface area contributed by atoms with E-state index in [0.29, 0.717) is 11.4 Å². The van der Waals surface area contributed by atoms with E-state index in [1.54, 1.807) is 24.3 Å². The van der Waals surface area contributed by atoms with Crippen molar-refractivity contribution >= 4 is 27.6 Å². The first-order valence-corrected chi connectivity index (χ1v) is 7.65. The monoisotopic (exact) mass is 305 g/mol. The first kappa shape index (κ1) is 15.9. The van der Waals surface area contributed by atoms with Gasteiger partial charge in [-0.25, -0.2) is 8.42 Å². The van der Waals surface area contributed by atoms with Gasteiger partial charge in [0.15, 0.2) is 0 Å². The Morgan fingerprint density at radius 3 is 2.63 bits per heavy atom. The Balaban J connectivity index is 2.73. The van der Waals surface area contributed by atoms with Crippen LogP contribution in [0.2, 0.25) is 5.02 Å². The summed E-state index contributed by atoms with van der Waals surface area (Å²) in [6.07, 6.45) is 0.291. The number of hydrogen-bond donors (Lipinski definition) is 1. The van der Waals surface area contributed by atoms with Crippen molar-refractivity contribution in [3.8, 4) is 0 Å². The van der Waals surface area contributed by atoms with Crippen LogP contribution >= 0.6 is 11.6 Å². The Bertz CT molecular complexity index is 559. The Morgan fingerprint density at radius 2 is 2.11 bits per heavy atom. The van der Waals surface area contributed by atoms with Gasteiger partial charge < -0.3 is 5.11 Å². The summed E-state index contributed by atoms with van der Waals surface area (Å²) in [6, 6.07) is 5.84. The number of aliphatic carboxylic acids is 1. The second-order valence-electron chi connectivity index (χ2n) is 4.23. The van der Waals surface area contributed by atoms with Crippen molar-refractivity contribution in [3.05, 3.63) is 34.9 Å². The number of hydrogen-bond acceptors (Lipinski definition) is 3. The zero-order valence-electron chi connectivity index (χ0n) is 10.7. The minimum Gasteiger partial charge on any atom is -0.480 e. The number of nitrogens with zero attached hydrogens (tertiary/aromatic N) is 1. The lowest BCUT2D eigenvalue weighted by atomic mass is 10.2. The summed E-state index contributed by atoms with van der Waals surface area (Å²) < 4.78 is 24.8. The van der Waals surface area contributed by atoms with E-state index in [2.05, 4.69) is 0 Å². The van der Waals surface area contributed by atoms with E-state index in [-0.39, 0.29) is 5.75 Å². The van der Waals surface area contributed by atoms with Crippen molar-refractivity contribution in [2.45, 2.75) is 19.4 Å². The molecule has 0 fully saturated rings. The predicted octanol–water partition coefficient (Wildman–Crippen LogP) is 1.62. The normalized spacial score (nSPS) is 13.5. The van der Waals surface area contributed by atoms with E-state index < -0.39 is 22.0 Å². The van der Waals surface area contributed by atoms with Gasteiger partial charge in [-0.3, -0.25) is 4.79 Å². The van der Waals surface area contributed by atoms with Gasteiger partial charge in [-0.1, -0.05) is 23.7 Å². The molecule has 106 valence electrons. The van der Waals surface area contributed by atoms with Gasteiger partial charge in [0.2, 0.25) is 10.0 Å². The summed E-state index contributed by atoms with van der Waals surface area (Å²) in [7, 11) is -2.34. The van der Waals surface area contributed by atoms with Gasteiger partial charge in [0.05, 0.1) is 5.75 Å². The minimum atomic E-state index is -3.61. The fourth-order valence-electron chi connectivity index (χ4n) is 1.48. The molecule has 0 aliphatic carbocycles. The number of rotatable bonds is 6. The summed E-state index contributed by atoms with van der Waals surface area (Å²) in [5.74, 6) is -1.32. The maximum atomic E-state index is 12.0. The molecular formula is C12H16ClNO4S. The molecule has 19 heavy (non-hydrogen) atoms. The van der Waals surface area contributed by atoms with Crippen LogP contribution < -0.4 is 0 Å². The summed E-state index contributed by atoms with van der Waals surface area (Å²) in [5.41, 5.74) is 0.799. The molecule has 7 heteroatoms. The smallest absolute Gasteiger partial charge is 0.321 e. The van der Waals surface area contributed by atoms with Crippen LogP contribution in [0, 0.1) is 0 Å². The minimum absolute atomic E-state index is 0.151. The van der Waals surface area contributed by atoms with E-state index in [1.165, 1.54) is 14.0 Å². The van der Waals surface area contributed by atoms with Gasteiger partial charge in [-0.2, -0.15) is 4.31 Å². The van der Waals surface area contributed by atoms with Gasteiger partial charge in [0.1, 0.15) is 6.04 Å². The van der Waals surface area contributed by atoms with Gasteiger partial charge in [-0.15, -0.1) is 0 Å². The average molecular weight is 306 g/mol. The fraction of sp³-hybridized carbons (Fsp3) is 0.417. The van der Waals surface area contributed by atoms with Crippen LogP contribution in [-0.2, 0) is 21.2 Å². The molecule has 0 bridgehead atoms. The van der Waals surface area contributed by atoms with Crippen molar-refractivity contribution in [2.75, 3.05) is 12.8 Å². The predicted molar refractivity (Wildman–Crippen MR) is 73.8 cm³/mol. The van der Waals surface area contributed by atoms with E-state index in [4.69, 9.17) is 16.7 Å². The van der Waals surface area contributed by atoms with Crippen LogP contribution in [0.1, 0.15) is 12.5 Å². The van der Waals surface area contributed by atoms with Gasteiger partial charge in [0.25, 0.3) is 0 Å². The van der Waals surface area contributed by atoms with Gasteiger partial charge >= 0.3 is 5.97 Å². The molecule has 0 aromatic heterocycles. The number of carboxylic acids is 1. The fourth-order valence-corrected chi connectivity index (χ4v) is 3.05.